The minimum atomic E-state index is 0.145. The summed E-state index contributed by atoms with van der Waals surface area (Å²) < 4.78 is 0. The number of hydrogen-bond donors (Lipinski definition) is 0. The van der Waals surface area contributed by atoms with Crippen LogP contribution in [0.3, 0.4) is 0 Å². The first kappa shape index (κ1) is 11.8. The van der Waals surface area contributed by atoms with Crippen molar-refractivity contribution in [1.29, 1.82) is 0 Å². The molecule has 2 heteroatoms. The van der Waals surface area contributed by atoms with Crippen LogP contribution in [0.4, 0.5) is 0 Å². The number of hydrogen-bond acceptors (Lipinski definition) is 2. The van der Waals surface area contributed by atoms with Crippen LogP contribution in [-0.2, 0) is 0 Å². The normalized spacial score (nSPS) is 22.1. The summed E-state index contributed by atoms with van der Waals surface area (Å²) in [5.41, 5.74) is 1.24. The quantitative estimate of drug-likeness (QED) is 0.702. The van der Waals surface area contributed by atoms with E-state index in [9.17, 15) is 4.79 Å². The first-order valence-corrected chi connectivity index (χ1v) is 6.62. The number of carbonyl (C=O) groups excluding carboxylic acids is 1. The molecule has 0 unspecified atom stereocenters. The van der Waals surface area contributed by atoms with Crippen molar-refractivity contribution in [2.45, 2.75) is 41.5 Å². The molecule has 1 aliphatic carbocycles. The number of thiophene rings is 1. The fourth-order valence-electron chi connectivity index (χ4n) is 2.88. The molecule has 0 spiro atoms. The Bertz CT molecular complexity index is 437. The molecule has 1 saturated carbocycles. The van der Waals surface area contributed by atoms with Crippen LogP contribution in [0.2, 0.25) is 0 Å². The molecule has 1 aliphatic rings. The van der Waals surface area contributed by atoms with Gasteiger partial charge in [-0.3, -0.25) is 4.79 Å². The molecule has 88 valence electrons. The molecule has 0 saturated heterocycles. The van der Waals surface area contributed by atoms with Crippen molar-refractivity contribution in [3.05, 3.63) is 21.4 Å². The van der Waals surface area contributed by atoms with Gasteiger partial charge >= 0.3 is 0 Å². The number of rotatable bonds is 2. The van der Waals surface area contributed by atoms with E-state index in [-0.39, 0.29) is 16.7 Å². The Hall–Kier alpha value is -0.630. The smallest absolute Gasteiger partial charge is 0.168 e. The molecule has 0 aromatic carbocycles. The molecule has 2 rings (SSSR count). The van der Waals surface area contributed by atoms with Crippen LogP contribution < -0.4 is 0 Å². The third kappa shape index (κ3) is 1.39. The van der Waals surface area contributed by atoms with Crippen LogP contribution in [0.1, 0.15) is 47.8 Å². The fraction of sp³-hybridized carbons (Fsp3) is 0.643. The Morgan fingerprint density at radius 3 is 2.00 bits per heavy atom. The Labute approximate surface area is 102 Å². The van der Waals surface area contributed by atoms with E-state index in [1.807, 2.05) is 13.0 Å². The monoisotopic (exact) mass is 236 g/mol. The van der Waals surface area contributed by atoms with Gasteiger partial charge in [0.05, 0.1) is 0 Å². The molecule has 0 radical (unpaired) electrons. The molecular formula is C14H20OS. The molecule has 1 aromatic heterocycles. The van der Waals surface area contributed by atoms with Gasteiger partial charge in [0.2, 0.25) is 0 Å². The summed E-state index contributed by atoms with van der Waals surface area (Å²) in [6.07, 6.45) is 0. The zero-order valence-electron chi connectivity index (χ0n) is 11.0. The van der Waals surface area contributed by atoms with Crippen molar-refractivity contribution in [1.82, 2.24) is 0 Å². The van der Waals surface area contributed by atoms with E-state index in [2.05, 4.69) is 34.6 Å². The highest BCUT2D eigenvalue weighted by molar-refractivity contribution is 7.12. The number of ketones is 1. The maximum Gasteiger partial charge on any atom is 0.168 e. The second kappa shape index (κ2) is 3.19. The lowest BCUT2D eigenvalue weighted by Crippen LogP contribution is -2.07. The lowest BCUT2D eigenvalue weighted by Gasteiger charge is -2.03. The molecule has 0 atom stereocenters. The number of aryl methyl sites for hydroxylation is 2. The van der Waals surface area contributed by atoms with Gasteiger partial charge in [-0.05, 0) is 30.7 Å². The topological polar surface area (TPSA) is 17.1 Å². The Morgan fingerprint density at radius 2 is 1.69 bits per heavy atom. The first-order chi connectivity index (χ1) is 7.19. The van der Waals surface area contributed by atoms with E-state index in [0.717, 1.165) is 5.56 Å². The summed E-state index contributed by atoms with van der Waals surface area (Å²) in [7, 11) is 0. The maximum atomic E-state index is 12.5. The standard InChI is InChI=1S/C14H20OS/c1-8-7-10(9(2)16-8)11(15)12-13(3,4)14(12,5)6/h7,12H,1-6H3. The van der Waals surface area contributed by atoms with Gasteiger partial charge in [0.1, 0.15) is 0 Å². The second-order valence-electron chi connectivity index (χ2n) is 6.07. The van der Waals surface area contributed by atoms with Crippen molar-refractivity contribution in [2.24, 2.45) is 16.7 Å². The summed E-state index contributed by atoms with van der Waals surface area (Å²) in [5, 5.41) is 0. The Morgan fingerprint density at radius 1 is 1.19 bits per heavy atom. The summed E-state index contributed by atoms with van der Waals surface area (Å²) in [6, 6.07) is 2.05. The van der Waals surface area contributed by atoms with Crippen molar-refractivity contribution >= 4 is 17.1 Å². The van der Waals surface area contributed by atoms with Gasteiger partial charge < -0.3 is 0 Å². The van der Waals surface area contributed by atoms with Crippen LogP contribution in [-0.4, -0.2) is 5.78 Å². The predicted molar refractivity (Wildman–Crippen MR) is 69.2 cm³/mol. The maximum absolute atomic E-state index is 12.5. The SMILES string of the molecule is Cc1cc(C(=O)C2C(C)(C)C2(C)C)c(C)s1. The minimum absolute atomic E-state index is 0.145. The second-order valence-corrected chi connectivity index (χ2v) is 7.53. The molecule has 0 bridgehead atoms. The molecule has 1 nitrogen and oxygen atoms in total. The number of carbonyl (C=O) groups is 1. The van der Waals surface area contributed by atoms with Gasteiger partial charge in [-0.2, -0.15) is 0 Å². The van der Waals surface area contributed by atoms with Crippen LogP contribution in [0.5, 0.6) is 0 Å². The van der Waals surface area contributed by atoms with Gasteiger partial charge in [0, 0.05) is 21.2 Å². The van der Waals surface area contributed by atoms with Crippen LogP contribution in [0.15, 0.2) is 6.07 Å². The highest BCUT2D eigenvalue weighted by Crippen LogP contribution is 2.69. The van der Waals surface area contributed by atoms with E-state index < -0.39 is 0 Å². The van der Waals surface area contributed by atoms with E-state index in [4.69, 9.17) is 0 Å². The zero-order chi connectivity index (χ0) is 12.3. The third-order valence-electron chi connectivity index (χ3n) is 4.59. The zero-order valence-corrected chi connectivity index (χ0v) is 11.8. The van der Waals surface area contributed by atoms with E-state index in [1.165, 1.54) is 9.75 Å². The average Bonchev–Trinajstić information content (AvgIpc) is 2.37. The summed E-state index contributed by atoms with van der Waals surface area (Å²) >= 11 is 1.72. The van der Waals surface area contributed by atoms with Gasteiger partial charge in [-0.15, -0.1) is 11.3 Å². The predicted octanol–water partition coefficient (Wildman–Crippen LogP) is 4.23. The van der Waals surface area contributed by atoms with E-state index in [1.54, 1.807) is 11.3 Å². The molecule has 1 heterocycles. The Balaban J connectivity index is 2.33. The molecular weight excluding hydrogens is 216 g/mol. The largest absolute Gasteiger partial charge is 0.294 e. The third-order valence-corrected chi connectivity index (χ3v) is 5.56. The minimum Gasteiger partial charge on any atom is -0.294 e. The van der Waals surface area contributed by atoms with E-state index >= 15 is 0 Å². The van der Waals surface area contributed by atoms with Crippen LogP contribution in [0, 0.1) is 30.6 Å². The van der Waals surface area contributed by atoms with E-state index in [0.29, 0.717) is 5.78 Å². The highest BCUT2D eigenvalue weighted by atomic mass is 32.1. The highest BCUT2D eigenvalue weighted by Gasteiger charge is 2.68. The first-order valence-electron chi connectivity index (χ1n) is 5.81. The van der Waals surface area contributed by atoms with Gasteiger partial charge in [0.15, 0.2) is 5.78 Å². The van der Waals surface area contributed by atoms with Gasteiger partial charge in [0.25, 0.3) is 0 Å². The lowest BCUT2D eigenvalue weighted by atomic mass is 10.0. The van der Waals surface area contributed by atoms with Gasteiger partial charge in [-0.1, -0.05) is 27.7 Å². The summed E-state index contributed by atoms with van der Waals surface area (Å²) in [4.78, 5) is 14.9. The summed E-state index contributed by atoms with van der Waals surface area (Å²) in [5.74, 6) is 0.532. The lowest BCUT2D eigenvalue weighted by molar-refractivity contribution is 0.0945. The molecule has 0 amide bonds. The van der Waals surface area contributed by atoms with Crippen molar-refractivity contribution in [3.8, 4) is 0 Å². The van der Waals surface area contributed by atoms with Crippen molar-refractivity contribution in [3.63, 3.8) is 0 Å². The number of Topliss-reactive ketones (excluding diaryl/α,β-unsaturated/α-hetero) is 1. The van der Waals surface area contributed by atoms with Crippen LogP contribution in [0.25, 0.3) is 0 Å². The van der Waals surface area contributed by atoms with Crippen molar-refractivity contribution < 1.29 is 4.79 Å². The van der Waals surface area contributed by atoms with Crippen molar-refractivity contribution in [2.75, 3.05) is 0 Å². The molecule has 16 heavy (non-hydrogen) atoms. The fourth-order valence-corrected chi connectivity index (χ4v) is 3.81. The Kier molecular flexibility index (Phi) is 2.36. The van der Waals surface area contributed by atoms with Crippen LogP contribution >= 0.6 is 11.3 Å². The molecule has 1 aromatic rings. The molecule has 1 fully saturated rings. The summed E-state index contributed by atoms with van der Waals surface area (Å²) in [6.45, 7) is 12.9. The van der Waals surface area contributed by atoms with Gasteiger partial charge in [-0.25, -0.2) is 0 Å². The molecule has 0 N–H and O–H groups in total. The molecule has 0 aliphatic heterocycles. The average molecular weight is 236 g/mol.